The number of anilines is 1. The molecule has 1 atom stereocenters. The third-order valence-corrected chi connectivity index (χ3v) is 3.68. The lowest BCUT2D eigenvalue weighted by atomic mass is 10.2. The summed E-state index contributed by atoms with van der Waals surface area (Å²) < 4.78 is 10.5. The van der Waals surface area contributed by atoms with Gasteiger partial charge in [-0.15, -0.1) is 0 Å². The molecule has 0 unspecified atom stereocenters. The number of benzene rings is 2. The van der Waals surface area contributed by atoms with Gasteiger partial charge in [0.05, 0.1) is 0 Å². The number of nitrogens with one attached hydrogen (secondary N) is 3. The van der Waals surface area contributed by atoms with Gasteiger partial charge in [-0.2, -0.15) is 0 Å². The van der Waals surface area contributed by atoms with Gasteiger partial charge in [0.25, 0.3) is 0 Å². The Labute approximate surface area is 145 Å². The fourth-order valence-electron chi connectivity index (χ4n) is 2.34. The molecule has 0 saturated carbocycles. The average molecular weight is 341 g/mol. The fraction of sp³-hybridized carbons (Fsp3) is 0.222. The molecule has 3 amide bonds. The van der Waals surface area contributed by atoms with Crippen LogP contribution in [0, 0.1) is 0 Å². The van der Waals surface area contributed by atoms with E-state index in [-0.39, 0.29) is 12.7 Å². The van der Waals surface area contributed by atoms with Crippen LogP contribution in [0.2, 0.25) is 0 Å². The van der Waals surface area contributed by atoms with Gasteiger partial charge in [0.1, 0.15) is 6.04 Å². The number of rotatable bonds is 5. The second-order valence-electron chi connectivity index (χ2n) is 5.59. The topological polar surface area (TPSA) is 88.7 Å². The highest BCUT2D eigenvalue weighted by Crippen LogP contribution is 2.32. The first-order valence-electron chi connectivity index (χ1n) is 7.90. The zero-order valence-electron chi connectivity index (χ0n) is 13.7. The van der Waals surface area contributed by atoms with Crippen LogP contribution in [0.1, 0.15) is 12.5 Å². The number of fused-ring (bicyclic) bond motifs is 1. The average Bonchev–Trinajstić information content (AvgIpc) is 3.08. The van der Waals surface area contributed by atoms with Crippen LogP contribution in [0.5, 0.6) is 11.5 Å². The Kier molecular flexibility index (Phi) is 5.03. The van der Waals surface area contributed by atoms with Crippen molar-refractivity contribution in [2.75, 3.05) is 12.1 Å². The number of para-hydroxylation sites is 1. The molecule has 2 aromatic rings. The van der Waals surface area contributed by atoms with E-state index in [1.54, 1.807) is 25.1 Å². The molecule has 1 aliphatic rings. The van der Waals surface area contributed by atoms with E-state index in [2.05, 4.69) is 16.0 Å². The maximum absolute atomic E-state index is 12.1. The molecular formula is C18H19N3O4. The Morgan fingerprint density at radius 1 is 1.08 bits per heavy atom. The molecule has 25 heavy (non-hydrogen) atoms. The Hall–Kier alpha value is -3.22. The number of ether oxygens (including phenoxy) is 2. The summed E-state index contributed by atoms with van der Waals surface area (Å²) in [5, 5.41) is 8.05. The molecule has 3 N–H and O–H groups in total. The first-order chi connectivity index (χ1) is 12.1. The third-order valence-electron chi connectivity index (χ3n) is 3.68. The molecule has 130 valence electrons. The number of carbonyl (C=O) groups is 2. The lowest BCUT2D eigenvalue weighted by molar-refractivity contribution is -0.122. The fourth-order valence-corrected chi connectivity index (χ4v) is 2.34. The Balaban J connectivity index is 1.46. The first-order valence-corrected chi connectivity index (χ1v) is 7.90. The van der Waals surface area contributed by atoms with Gasteiger partial charge in [0.2, 0.25) is 12.7 Å². The summed E-state index contributed by atoms with van der Waals surface area (Å²) in [6.45, 7) is 2.17. The molecule has 2 aromatic carbocycles. The normalized spacial score (nSPS) is 13.0. The molecule has 7 nitrogen and oxygen atoms in total. The van der Waals surface area contributed by atoms with Gasteiger partial charge in [-0.1, -0.05) is 24.3 Å². The second kappa shape index (κ2) is 7.57. The highest BCUT2D eigenvalue weighted by atomic mass is 16.7. The summed E-state index contributed by atoms with van der Waals surface area (Å²) in [6, 6.07) is 13.4. The Morgan fingerprint density at radius 2 is 1.84 bits per heavy atom. The van der Waals surface area contributed by atoms with Gasteiger partial charge in [-0.3, -0.25) is 4.79 Å². The largest absolute Gasteiger partial charge is 0.454 e. The van der Waals surface area contributed by atoms with Gasteiger partial charge in [0.15, 0.2) is 11.5 Å². The molecule has 7 heteroatoms. The molecular weight excluding hydrogens is 322 g/mol. The van der Waals surface area contributed by atoms with Crippen molar-refractivity contribution in [3.05, 3.63) is 54.1 Å². The van der Waals surface area contributed by atoms with Gasteiger partial charge in [0, 0.05) is 12.2 Å². The minimum Gasteiger partial charge on any atom is -0.454 e. The lowest BCUT2D eigenvalue weighted by Crippen LogP contribution is -2.46. The molecule has 0 saturated heterocycles. The SMILES string of the molecule is C[C@@H](NC(=O)Nc1ccccc1)C(=O)NCc1ccc2c(c1)OCO2. The van der Waals surface area contributed by atoms with Crippen LogP contribution in [-0.4, -0.2) is 24.8 Å². The maximum Gasteiger partial charge on any atom is 0.319 e. The van der Waals surface area contributed by atoms with E-state index in [0.29, 0.717) is 23.7 Å². The molecule has 0 spiro atoms. The molecule has 3 rings (SSSR count). The van der Waals surface area contributed by atoms with Crippen LogP contribution in [0.4, 0.5) is 10.5 Å². The summed E-state index contributed by atoms with van der Waals surface area (Å²) in [7, 11) is 0. The number of carbonyl (C=O) groups excluding carboxylic acids is 2. The molecule has 0 fully saturated rings. The molecule has 0 bridgehead atoms. The predicted octanol–water partition coefficient (Wildman–Crippen LogP) is 2.24. The van der Waals surface area contributed by atoms with E-state index in [4.69, 9.17) is 9.47 Å². The van der Waals surface area contributed by atoms with E-state index in [1.807, 2.05) is 30.3 Å². The summed E-state index contributed by atoms with van der Waals surface area (Å²) >= 11 is 0. The van der Waals surface area contributed by atoms with E-state index >= 15 is 0 Å². The first kappa shape index (κ1) is 16.6. The van der Waals surface area contributed by atoms with Crippen LogP contribution < -0.4 is 25.4 Å². The van der Waals surface area contributed by atoms with Gasteiger partial charge >= 0.3 is 6.03 Å². The number of hydrogen-bond donors (Lipinski definition) is 3. The van der Waals surface area contributed by atoms with Crippen molar-refractivity contribution < 1.29 is 19.1 Å². The van der Waals surface area contributed by atoms with Gasteiger partial charge in [-0.05, 0) is 36.8 Å². The van der Waals surface area contributed by atoms with Crippen molar-refractivity contribution in [1.29, 1.82) is 0 Å². The van der Waals surface area contributed by atoms with Crippen molar-refractivity contribution in [2.45, 2.75) is 19.5 Å². The summed E-state index contributed by atoms with van der Waals surface area (Å²) in [6.07, 6.45) is 0. The van der Waals surface area contributed by atoms with Crippen molar-refractivity contribution in [3.63, 3.8) is 0 Å². The maximum atomic E-state index is 12.1. The minimum absolute atomic E-state index is 0.211. The number of amides is 3. The zero-order chi connectivity index (χ0) is 17.6. The predicted molar refractivity (Wildman–Crippen MR) is 92.5 cm³/mol. The van der Waals surface area contributed by atoms with E-state index in [0.717, 1.165) is 5.56 Å². The standard InChI is InChI=1S/C18H19N3O4/c1-12(20-18(23)21-14-5-3-2-4-6-14)17(22)19-10-13-7-8-15-16(9-13)25-11-24-15/h2-9,12H,10-11H2,1H3,(H,19,22)(H2,20,21,23)/t12-/m1/s1. The number of urea groups is 1. The lowest BCUT2D eigenvalue weighted by Gasteiger charge is -2.15. The molecule has 0 radical (unpaired) electrons. The highest BCUT2D eigenvalue weighted by Gasteiger charge is 2.17. The quantitative estimate of drug-likeness (QED) is 0.778. The van der Waals surface area contributed by atoms with Crippen molar-refractivity contribution in [3.8, 4) is 11.5 Å². The van der Waals surface area contributed by atoms with Crippen LogP contribution in [-0.2, 0) is 11.3 Å². The van der Waals surface area contributed by atoms with Crippen molar-refractivity contribution in [2.24, 2.45) is 0 Å². The summed E-state index contributed by atoms with van der Waals surface area (Å²) in [4.78, 5) is 24.0. The van der Waals surface area contributed by atoms with Gasteiger partial charge in [-0.25, -0.2) is 4.79 Å². The molecule has 1 aliphatic heterocycles. The Bertz CT molecular complexity index is 764. The van der Waals surface area contributed by atoms with Gasteiger partial charge < -0.3 is 25.4 Å². The Morgan fingerprint density at radius 3 is 2.64 bits per heavy atom. The van der Waals surface area contributed by atoms with E-state index < -0.39 is 12.1 Å². The zero-order valence-corrected chi connectivity index (χ0v) is 13.7. The molecule has 1 heterocycles. The van der Waals surface area contributed by atoms with Crippen molar-refractivity contribution in [1.82, 2.24) is 10.6 Å². The molecule has 0 aromatic heterocycles. The van der Waals surface area contributed by atoms with Crippen molar-refractivity contribution >= 4 is 17.6 Å². The van der Waals surface area contributed by atoms with E-state index in [9.17, 15) is 9.59 Å². The number of hydrogen-bond acceptors (Lipinski definition) is 4. The third kappa shape index (κ3) is 4.41. The van der Waals surface area contributed by atoms with E-state index in [1.165, 1.54) is 0 Å². The second-order valence-corrected chi connectivity index (χ2v) is 5.59. The summed E-state index contributed by atoms with van der Waals surface area (Å²) in [5.74, 6) is 1.09. The highest BCUT2D eigenvalue weighted by molar-refractivity contribution is 5.93. The minimum atomic E-state index is -0.669. The van der Waals surface area contributed by atoms with Crippen LogP contribution in [0.3, 0.4) is 0 Å². The molecule has 0 aliphatic carbocycles. The summed E-state index contributed by atoms with van der Waals surface area (Å²) in [5.41, 5.74) is 1.55. The smallest absolute Gasteiger partial charge is 0.319 e. The van der Waals surface area contributed by atoms with Crippen LogP contribution in [0.25, 0.3) is 0 Å². The van der Waals surface area contributed by atoms with Crippen LogP contribution >= 0.6 is 0 Å². The van der Waals surface area contributed by atoms with Crippen LogP contribution in [0.15, 0.2) is 48.5 Å². The monoisotopic (exact) mass is 341 g/mol.